The molecule has 5 heteroatoms. The number of thiol groups is 1. The number of esters is 1. The monoisotopic (exact) mass is 355 g/mol. The summed E-state index contributed by atoms with van der Waals surface area (Å²) in [6, 6.07) is 7.50. The van der Waals surface area contributed by atoms with Crippen LogP contribution in [0.3, 0.4) is 0 Å². The second-order valence-electron chi connectivity index (χ2n) is 6.48. The van der Waals surface area contributed by atoms with E-state index in [9.17, 15) is 4.79 Å². The SMILES string of the molecule is C#COC(=O)c1cnc(-c2ccc(S)cc2OC(C)(C)C)cc1CC. The molecule has 0 N–H and O–H groups in total. The van der Waals surface area contributed by atoms with Gasteiger partial charge in [-0.25, -0.2) is 4.79 Å². The molecule has 2 aromatic rings. The van der Waals surface area contributed by atoms with Crippen LogP contribution in [0.25, 0.3) is 11.3 Å². The quantitative estimate of drug-likeness (QED) is 0.497. The maximum Gasteiger partial charge on any atom is 0.353 e. The van der Waals surface area contributed by atoms with Gasteiger partial charge in [0.1, 0.15) is 17.5 Å². The van der Waals surface area contributed by atoms with Crippen LogP contribution in [0, 0.1) is 12.5 Å². The fourth-order valence-corrected chi connectivity index (χ4v) is 2.56. The molecule has 0 fully saturated rings. The number of hydrogen-bond acceptors (Lipinski definition) is 5. The van der Waals surface area contributed by atoms with Gasteiger partial charge in [-0.3, -0.25) is 4.98 Å². The molecule has 4 nitrogen and oxygen atoms in total. The van der Waals surface area contributed by atoms with Crippen LogP contribution in [-0.4, -0.2) is 16.6 Å². The van der Waals surface area contributed by atoms with Gasteiger partial charge in [0.05, 0.1) is 11.3 Å². The maximum absolute atomic E-state index is 11.9. The molecule has 25 heavy (non-hydrogen) atoms. The molecule has 0 aliphatic carbocycles. The zero-order chi connectivity index (χ0) is 18.6. The predicted octanol–water partition coefficient (Wildman–Crippen LogP) is 4.52. The van der Waals surface area contributed by atoms with Crippen molar-refractivity contribution in [2.75, 3.05) is 0 Å². The van der Waals surface area contributed by atoms with Gasteiger partial charge in [0.2, 0.25) is 0 Å². The number of nitrogens with zero attached hydrogens (tertiary/aromatic N) is 1. The standard InChI is InChI=1S/C20H21NO3S/c1-6-13-10-17(21-12-16(13)19(22)23-7-2)15-9-8-14(25)11-18(15)24-20(3,4)5/h2,8-12,25H,6H2,1,3-5H3. The molecule has 2 rings (SSSR count). The molecule has 1 aromatic heterocycles. The van der Waals surface area contributed by atoms with Gasteiger partial charge in [-0.15, -0.1) is 12.6 Å². The fraction of sp³-hybridized carbons (Fsp3) is 0.300. The number of aromatic nitrogens is 1. The van der Waals surface area contributed by atoms with Crippen LogP contribution in [0.2, 0.25) is 0 Å². The maximum atomic E-state index is 11.9. The second-order valence-corrected chi connectivity index (χ2v) is 7.00. The lowest BCUT2D eigenvalue weighted by atomic mass is 10.0. The highest BCUT2D eigenvalue weighted by Gasteiger charge is 2.19. The van der Waals surface area contributed by atoms with Crippen molar-refractivity contribution in [2.24, 2.45) is 0 Å². The Balaban J connectivity index is 2.52. The number of pyridine rings is 1. The van der Waals surface area contributed by atoms with E-state index in [4.69, 9.17) is 11.2 Å². The lowest BCUT2D eigenvalue weighted by molar-refractivity contribution is 0.0689. The average Bonchev–Trinajstić information content (AvgIpc) is 2.53. The van der Waals surface area contributed by atoms with E-state index in [1.54, 1.807) is 0 Å². The molecule has 0 amide bonds. The van der Waals surface area contributed by atoms with Crippen molar-refractivity contribution >= 4 is 18.6 Å². The molecule has 0 unspecified atom stereocenters. The van der Waals surface area contributed by atoms with Crippen molar-refractivity contribution < 1.29 is 14.3 Å². The first-order chi connectivity index (χ1) is 11.7. The first-order valence-electron chi connectivity index (χ1n) is 7.93. The van der Waals surface area contributed by atoms with Crippen molar-refractivity contribution in [3.8, 4) is 29.5 Å². The molecular weight excluding hydrogens is 334 g/mol. The van der Waals surface area contributed by atoms with Crippen LogP contribution < -0.4 is 4.74 Å². The molecule has 130 valence electrons. The lowest BCUT2D eigenvalue weighted by Gasteiger charge is -2.23. The first kappa shape index (κ1) is 18.9. The van der Waals surface area contributed by atoms with Crippen molar-refractivity contribution in [2.45, 2.75) is 44.6 Å². The normalized spacial score (nSPS) is 10.9. The number of carbonyl (C=O) groups excluding carboxylic acids is 1. The van der Waals surface area contributed by atoms with E-state index in [2.05, 4.69) is 22.3 Å². The minimum absolute atomic E-state index is 0.361. The zero-order valence-corrected chi connectivity index (χ0v) is 15.7. The summed E-state index contributed by atoms with van der Waals surface area (Å²) >= 11 is 4.39. The highest BCUT2D eigenvalue weighted by molar-refractivity contribution is 7.80. The van der Waals surface area contributed by atoms with Crippen LogP contribution in [0.4, 0.5) is 0 Å². The predicted molar refractivity (Wildman–Crippen MR) is 101 cm³/mol. The highest BCUT2D eigenvalue weighted by Crippen LogP contribution is 2.34. The average molecular weight is 355 g/mol. The van der Waals surface area contributed by atoms with Crippen LogP contribution >= 0.6 is 12.6 Å². The highest BCUT2D eigenvalue weighted by atomic mass is 32.1. The molecule has 0 radical (unpaired) electrons. The third kappa shape index (κ3) is 4.77. The van der Waals surface area contributed by atoms with Gasteiger partial charge < -0.3 is 9.47 Å². The smallest absolute Gasteiger partial charge is 0.353 e. The second kappa shape index (κ2) is 7.62. The largest absolute Gasteiger partial charge is 0.487 e. The Morgan fingerprint density at radius 2 is 2.04 bits per heavy atom. The molecular formula is C20H21NO3S. The molecule has 0 aliphatic rings. The van der Waals surface area contributed by atoms with E-state index in [-0.39, 0.29) is 5.60 Å². The molecule has 0 bridgehead atoms. The minimum atomic E-state index is -0.574. The Labute approximate surface area is 154 Å². The van der Waals surface area contributed by atoms with Crippen LogP contribution in [0.15, 0.2) is 35.4 Å². The summed E-state index contributed by atoms with van der Waals surface area (Å²) < 4.78 is 10.7. The van der Waals surface area contributed by atoms with Gasteiger partial charge in [0.25, 0.3) is 0 Å². The van der Waals surface area contributed by atoms with Gasteiger partial charge in [0, 0.05) is 16.7 Å². The van der Waals surface area contributed by atoms with E-state index >= 15 is 0 Å². The van der Waals surface area contributed by atoms with E-state index in [1.165, 1.54) is 6.20 Å². The minimum Gasteiger partial charge on any atom is -0.487 e. The Morgan fingerprint density at radius 1 is 1.32 bits per heavy atom. The topological polar surface area (TPSA) is 48.4 Å². The van der Waals surface area contributed by atoms with E-state index < -0.39 is 5.97 Å². The molecule has 0 saturated carbocycles. The molecule has 1 aromatic carbocycles. The number of ether oxygens (including phenoxy) is 2. The van der Waals surface area contributed by atoms with Gasteiger partial charge in [0.15, 0.2) is 0 Å². The Bertz CT molecular complexity index is 832. The fourth-order valence-electron chi connectivity index (χ4n) is 2.37. The van der Waals surface area contributed by atoms with Crippen molar-refractivity contribution in [1.82, 2.24) is 4.98 Å². The van der Waals surface area contributed by atoms with Crippen molar-refractivity contribution in [1.29, 1.82) is 0 Å². The van der Waals surface area contributed by atoms with Crippen LogP contribution in [0.1, 0.15) is 43.6 Å². The van der Waals surface area contributed by atoms with E-state index in [1.807, 2.05) is 58.1 Å². The van der Waals surface area contributed by atoms with E-state index in [0.717, 1.165) is 16.0 Å². The summed E-state index contributed by atoms with van der Waals surface area (Å²) in [5, 5.41) is 0. The summed E-state index contributed by atoms with van der Waals surface area (Å²) in [7, 11) is 0. The van der Waals surface area contributed by atoms with Crippen molar-refractivity contribution in [3.05, 3.63) is 41.6 Å². The third-order valence-electron chi connectivity index (χ3n) is 3.40. The number of aryl methyl sites for hydroxylation is 1. The summed E-state index contributed by atoms with van der Waals surface area (Å²) in [6.45, 7) is 7.89. The van der Waals surface area contributed by atoms with Crippen LogP contribution in [0.5, 0.6) is 5.75 Å². The Hall–Kier alpha value is -2.45. The van der Waals surface area contributed by atoms with Gasteiger partial charge >= 0.3 is 5.97 Å². The molecule has 0 saturated heterocycles. The molecule has 0 aliphatic heterocycles. The van der Waals surface area contributed by atoms with E-state index in [0.29, 0.717) is 23.4 Å². The van der Waals surface area contributed by atoms with Gasteiger partial charge in [-0.2, -0.15) is 0 Å². The number of hydrogen-bond donors (Lipinski definition) is 1. The number of rotatable bonds is 4. The third-order valence-corrected chi connectivity index (χ3v) is 3.68. The number of carbonyl (C=O) groups is 1. The Morgan fingerprint density at radius 3 is 2.64 bits per heavy atom. The molecule has 1 heterocycles. The summed E-state index contributed by atoms with van der Waals surface area (Å²) in [6.07, 6.45) is 9.07. The van der Waals surface area contributed by atoms with Crippen LogP contribution in [-0.2, 0) is 11.2 Å². The molecule has 0 spiro atoms. The number of benzene rings is 1. The van der Waals surface area contributed by atoms with Gasteiger partial charge in [-0.05, 0) is 57.0 Å². The summed E-state index contributed by atoms with van der Waals surface area (Å²) in [4.78, 5) is 17.1. The first-order valence-corrected chi connectivity index (χ1v) is 8.38. The zero-order valence-electron chi connectivity index (χ0n) is 14.8. The summed E-state index contributed by atoms with van der Waals surface area (Å²) in [5.74, 6) is 0.115. The van der Waals surface area contributed by atoms with Gasteiger partial charge in [-0.1, -0.05) is 13.3 Å². The van der Waals surface area contributed by atoms with Crippen molar-refractivity contribution in [3.63, 3.8) is 0 Å². The Kier molecular flexibility index (Phi) is 5.76. The summed E-state index contributed by atoms with van der Waals surface area (Å²) in [5.41, 5.74) is 2.36. The lowest BCUT2D eigenvalue weighted by Crippen LogP contribution is -2.23. The number of terminal acetylenes is 1. The molecule has 0 atom stereocenters.